The summed E-state index contributed by atoms with van der Waals surface area (Å²) in [6, 6.07) is 7.50. The van der Waals surface area contributed by atoms with Crippen molar-refractivity contribution in [2.45, 2.75) is 13.3 Å². The summed E-state index contributed by atoms with van der Waals surface area (Å²) in [5.41, 5.74) is 4.65. The molecule has 0 saturated carbocycles. The number of fused-ring (bicyclic) bond motifs is 1. The Labute approximate surface area is 113 Å². The van der Waals surface area contributed by atoms with Crippen LogP contribution in [0.2, 0.25) is 5.02 Å². The smallest absolute Gasteiger partial charge is 0.273 e. The number of benzene rings is 1. The molecule has 18 heavy (non-hydrogen) atoms. The summed E-state index contributed by atoms with van der Waals surface area (Å²) in [4.78, 5) is 23.3. The molecule has 0 radical (unpaired) electrons. The van der Waals surface area contributed by atoms with E-state index >= 15 is 0 Å². The molecule has 4 nitrogen and oxygen atoms in total. The number of halogens is 1. The molecule has 1 aromatic carbocycles. The summed E-state index contributed by atoms with van der Waals surface area (Å²) in [7, 11) is 0. The molecule has 1 aromatic heterocycles. The predicted molar refractivity (Wildman–Crippen MR) is 72.7 cm³/mol. The fourth-order valence-corrected chi connectivity index (χ4v) is 2.84. The van der Waals surface area contributed by atoms with Crippen LogP contribution in [0.25, 0.3) is 10.1 Å². The zero-order valence-electron chi connectivity index (χ0n) is 9.62. The van der Waals surface area contributed by atoms with Crippen LogP contribution in [0.5, 0.6) is 0 Å². The molecule has 2 aromatic rings. The molecule has 2 amide bonds. The van der Waals surface area contributed by atoms with Crippen LogP contribution in [-0.2, 0) is 4.79 Å². The number of hydrogen-bond acceptors (Lipinski definition) is 3. The van der Waals surface area contributed by atoms with E-state index in [9.17, 15) is 9.59 Å². The van der Waals surface area contributed by atoms with Crippen molar-refractivity contribution in [2.75, 3.05) is 0 Å². The average molecular weight is 283 g/mol. The van der Waals surface area contributed by atoms with Crippen molar-refractivity contribution in [2.24, 2.45) is 0 Å². The van der Waals surface area contributed by atoms with Gasteiger partial charge in [-0.05, 0) is 6.07 Å². The zero-order valence-corrected chi connectivity index (χ0v) is 11.2. The maximum atomic E-state index is 11.9. The second kappa shape index (κ2) is 5.37. The highest BCUT2D eigenvalue weighted by molar-refractivity contribution is 7.21. The fourth-order valence-electron chi connectivity index (χ4n) is 1.43. The largest absolute Gasteiger partial charge is 0.281 e. The van der Waals surface area contributed by atoms with E-state index in [1.54, 1.807) is 6.92 Å². The van der Waals surface area contributed by atoms with Gasteiger partial charge < -0.3 is 0 Å². The first-order valence-electron chi connectivity index (χ1n) is 5.39. The van der Waals surface area contributed by atoms with Crippen molar-refractivity contribution in [3.05, 3.63) is 34.2 Å². The molecule has 0 bridgehead atoms. The molecule has 0 aliphatic rings. The summed E-state index contributed by atoms with van der Waals surface area (Å²) < 4.78 is 0.939. The van der Waals surface area contributed by atoms with Crippen LogP contribution in [0, 0.1) is 0 Å². The van der Waals surface area contributed by atoms with Gasteiger partial charge in [0.2, 0.25) is 5.91 Å². The molecule has 0 atom stereocenters. The lowest BCUT2D eigenvalue weighted by molar-refractivity contribution is -0.121. The molecule has 0 fully saturated rings. The second-order valence-corrected chi connectivity index (χ2v) is 5.03. The topological polar surface area (TPSA) is 58.2 Å². The van der Waals surface area contributed by atoms with Crippen molar-refractivity contribution in [3.63, 3.8) is 0 Å². The van der Waals surface area contributed by atoms with Crippen LogP contribution in [0.3, 0.4) is 0 Å². The van der Waals surface area contributed by atoms with Gasteiger partial charge in [-0.15, -0.1) is 11.3 Å². The van der Waals surface area contributed by atoms with Gasteiger partial charge in [0.1, 0.15) is 4.88 Å². The number of carbonyl (C=O) groups is 2. The molecule has 0 aliphatic carbocycles. The van der Waals surface area contributed by atoms with Gasteiger partial charge in [0.05, 0.1) is 5.02 Å². The third kappa shape index (κ3) is 2.47. The molecule has 2 rings (SSSR count). The standard InChI is InChI=1S/C12H11ClN2O2S/c1-2-9(16)14-15-12(17)11-10(13)7-5-3-4-6-8(7)18-11/h3-6H,2H2,1H3,(H,14,16)(H,15,17). The van der Waals surface area contributed by atoms with E-state index in [0.717, 1.165) is 10.1 Å². The fraction of sp³-hybridized carbons (Fsp3) is 0.167. The predicted octanol–water partition coefficient (Wildman–Crippen LogP) is 2.73. The maximum Gasteiger partial charge on any atom is 0.281 e. The highest BCUT2D eigenvalue weighted by Gasteiger charge is 2.16. The van der Waals surface area contributed by atoms with Crippen LogP contribution >= 0.6 is 22.9 Å². The monoisotopic (exact) mass is 282 g/mol. The van der Waals surface area contributed by atoms with Gasteiger partial charge in [-0.25, -0.2) is 0 Å². The lowest BCUT2D eigenvalue weighted by Gasteiger charge is -2.04. The van der Waals surface area contributed by atoms with Crippen molar-refractivity contribution < 1.29 is 9.59 Å². The summed E-state index contributed by atoms with van der Waals surface area (Å²) in [6.07, 6.45) is 0.306. The Morgan fingerprint density at radius 1 is 1.28 bits per heavy atom. The molecule has 6 heteroatoms. The van der Waals surface area contributed by atoms with E-state index in [1.807, 2.05) is 24.3 Å². The first-order valence-corrected chi connectivity index (χ1v) is 6.59. The SMILES string of the molecule is CCC(=O)NNC(=O)c1sc2ccccc2c1Cl. The van der Waals surface area contributed by atoms with Crippen molar-refractivity contribution in [1.82, 2.24) is 10.9 Å². The third-order valence-electron chi connectivity index (χ3n) is 2.38. The van der Waals surface area contributed by atoms with Crippen molar-refractivity contribution in [1.29, 1.82) is 0 Å². The van der Waals surface area contributed by atoms with Gasteiger partial charge >= 0.3 is 0 Å². The number of hydrazine groups is 1. The van der Waals surface area contributed by atoms with Gasteiger partial charge in [-0.2, -0.15) is 0 Å². The molecule has 2 N–H and O–H groups in total. The van der Waals surface area contributed by atoms with Gasteiger partial charge in [0.25, 0.3) is 5.91 Å². The van der Waals surface area contributed by atoms with Crippen LogP contribution in [-0.4, -0.2) is 11.8 Å². The van der Waals surface area contributed by atoms with Crippen LogP contribution in [0.1, 0.15) is 23.0 Å². The Bertz CT molecular complexity index is 609. The summed E-state index contributed by atoms with van der Waals surface area (Å²) in [5, 5.41) is 1.26. The third-order valence-corrected chi connectivity index (χ3v) is 4.05. The Morgan fingerprint density at radius 2 is 2.00 bits per heavy atom. The lowest BCUT2D eigenvalue weighted by Crippen LogP contribution is -2.41. The molecular formula is C12H11ClN2O2S. The lowest BCUT2D eigenvalue weighted by atomic mass is 10.2. The highest BCUT2D eigenvalue weighted by Crippen LogP contribution is 2.34. The second-order valence-electron chi connectivity index (χ2n) is 3.60. The Balaban J connectivity index is 2.23. The summed E-state index contributed by atoms with van der Waals surface area (Å²) in [5.74, 6) is -0.649. The first-order chi connectivity index (χ1) is 8.63. The number of rotatable bonds is 2. The maximum absolute atomic E-state index is 11.9. The van der Waals surface area contributed by atoms with Gasteiger partial charge in [-0.1, -0.05) is 36.7 Å². The van der Waals surface area contributed by atoms with Crippen LogP contribution in [0.15, 0.2) is 24.3 Å². The Kier molecular flexibility index (Phi) is 3.84. The van der Waals surface area contributed by atoms with Gasteiger partial charge in [0.15, 0.2) is 0 Å². The molecular weight excluding hydrogens is 272 g/mol. The number of hydrogen-bond donors (Lipinski definition) is 2. The zero-order chi connectivity index (χ0) is 13.1. The number of carbonyl (C=O) groups excluding carboxylic acids is 2. The van der Waals surface area contributed by atoms with Crippen molar-refractivity contribution in [3.8, 4) is 0 Å². The van der Waals surface area contributed by atoms with E-state index < -0.39 is 5.91 Å². The van der Waals surface area contributed by atoms with E-state index in [4.69, 9.17) is 11.6 Å². The number of nitrogens with one attached hydrogen (secondary N) is 2. The normalized spacial score (nSPS) is 10.3. The molecule has 0 saturated heterocycles. The molecule has 1 heterocycles. The minimum atomic E-state index is -0.400. The molecule has 0 unspecified atom stereocenters. The van der Waals surface area contributed by atoms with Crippen LogP contribution in [0.4, 0.5) is 0 Å². The van der Waals surface area contributed by atoms with Gasteiger partial charge in [0, 0.05) is 16.5 Å². The minimum Gasteiger partial charge on any atom is -0.273 e. The Hall–Kier alpha value is -1.59. The first kappa shape index (κ1) is 12.9. The molecule has 0 aliphatic heterocycles. The van der Waals surface area contributed by atoms with E-state index in [-0.39, 0.29) is 5.91 Å². The average Bonchev–Trinajstić information content (AvgIpc) is 2.73. The molecule has 94 valence electrons. The Morgan fingerprint density at radius 3 is 2.67 bits per heavy atom. The van der Waals surface area contributed by atoms with E-state index in [0.29, 0.717) is 16.3 Å². The van der Waals surface area contributed by atoms with Gasteiger partial charge in [-0.3, -0.25) is 20.4 Å². The molecule has 0 spiro atoms. The quantitative estimate of drug-likeness (QED) is 0.832. The van der Waals surface area contributed by atoms with Crippen molar-refractivity contribution >= 4 is 44.8 Å². The number of thiophene rings is 1. The van der Waals surface area contributed by atoms with Crippen LogP contribution < -0.4 is 10.9 Å². The number of amides is 2. The highest BCUT2D eigenvalue weighted by atomic mass is 35.5. The van der Waals surface area contributed by atoms with E-state index in [2.05, 4.69) is 10.9 Å². The summed E-state index contributed by atoms with van der Waals surface area (Å²) >= 11 is 7.43. The minimum absolute atomic E-state index is 0.249. The van der Waals surface area contributed by atoms with E-state index in [1.165, 1.54) is 11.3 Å². The summed E-state index contributed by atoms with van der Waals surface area (Å²) in [6.45, 7) is 1.70.